The fourth-order valence-corrected chi connectivity index (χ4v) is 3.33. The molecule has 2 heterocycles. The normalized spacial score (nSPS) is 15.9. The van der Waals surface area contributed by atoms with Gasteiger partial charge in [-0.3, -0.25) is 14.5 Å². The number of benzene rings is 1. The minimum absolute atomic E-state index is 0.0795. The van der Waals surface area contributed by atoms with E-state index in [1.54, 1.807) is 31.4 Å². The molecule has 2 amide bonds. The first-order valence-corrected chi connectivity index (χ1v) is 10.0. The number of nitrogens with zero attached hydrogens (tertiary/aromatic N) is 3. The largest absolute Gasteiger partial charge is 0.497 e. The number of methoxy groups -OCH3 is 1. The van der Waals surface area contributed by atoms with E-state index in [0.717, 1.165) is 23.4 Å². The van der Waals surface area contributed by atoms with Gasteiger partial charge < -0.3 is 14.5 Å². The number of furan rings is 1. The molecule has 160 valence electrons. The van der Waals surface area contributed by atoms with Crippen molar-refractivity contribution < 1.29 is 18.7 Å². The quantitative estimate of drug-likeness (QED) is 0.684. The maximum Gasteiger partial charge on any atom is 0.257 e. The van der Waals surface area contributed by atoms with Crippen molar-refractivity contribution >= 4 is 17.5 Å². The van der Waals surface area contributed by atoms with Crippen LogP contribution in [0.15, 0.2) is 52.2 Å². The Morgan fingerprint density at radius 1 is 1.27 bits per heavy atom. The van der Waals surface area contributed by atoms with Gasteiger partial charge in [0.1, 0.15) is 17.6 Å². The number of ether oxygens (including phenoxy) is 1. The zero-order valence-electron chi connectivity index (χ0n) is 17.6. The van der Waals surface area contributed by atoms with E-state index in [2.05, 4.69) is 10.4 Å². The van der Waals surface area contributed by atoms with Crippen LogP contribution in [0.2, 0.25) is 0 Å². The lowest BCUT2D eigenvalue weighted by atomic mass is 10.0. The van der Waals surface area contributed by atoms with E-state index in [4.69, 9.17) is 9.15 Å². The number of carbonyl (C=O) groups excluding carboxylic acids is 2. The van der Waals surface area contributed by atoms with Crippen LogP contribution in [0.1, 0.15) is 37.1 Å². The minimum Gasteiger partial charge on any atom is -0.497 e. The van der Waals surface area contributed by atoms with Gasteiger partial charge in [0.25, 0.3) is 5.91 Å². The highest BCUT2D eigenvalue weighted by molar-refractivity contribution is 6.03. The second-order valence-corrected chi connectivity index (χ2v) is 7.27. The summed E-state index contributed by atoms with van der Waals surface area (Å²) in [5, 5.41) is 8.89. The predicted octanol–water partition coefficient (Wildman–Crippen LogP) is 2.42. The lowest BCUT2D eigenvalue weighted by Crippen LogP contribution is -2.41. The number of nitrogens with one attached hydrogen (secondary N) is 1. The van der Waals surface area contributed by atoms with Gasteiger partial charge in [0.05, 0.1) is 32.2 Å². The van der Waals surface area contributed by atoms with Gasteiger partial charge in [0.15, 0.2) is 0 Å². The maximum atomic E-state index is 13.0. The van der Waals surface area contributed by atoms with Crippen molar-refractivity contribution in [1.82, 2.24) is 15.2 Å². The monoisotopic (exact) mass is 412 g/mol. The fourth-order valence-electron chi connectivity index (χ4n) is 3.33. The Hall–Kier alpha value is -3.13. The zero-order chi connectivity index (χ0) is 21.5. The molecule has 30 heavy (non-hydrogen) atoms. The van der Waals surface area contributed by atoms with Gasteiger partial charge in [-0.05, 0) is 55.4 Å². The van der Waals surface area contributed by atoms with Crippen LogP contribution in [-0.4, -0.2) is 61.2 Å². The summed E-state index contributed by atoms with van der Waals surface area (Å²) in [7, 11) is 3.37. The van der Waals surface area contributed by atoms with E-state index in [9.17, 15) is 9.59 Å². The first-order valence-electron chi connectivity index (χ1n) is 10.0. The molecule has 0 unspecified atom stereocenters. The van der Waals surface area contributed by atoms with E-state index in [1.807, 2.05) is 37.3 Å². The van der Waals surface area contributed by atoms with Crippen molar-refractivity contribution in [3.8, 4) is 5.75 Å². The van der Waals surface area contributed by atoms with Gasteiger partial charge in [-0.1, -0.05) is 6.92 Å². The van der Waals surface area contributed by atoms with Crippen LogP contribution in [0.3, 0.4) is 0 Å². The molecule has 0 aliphatic carbocycles. The van der Waals surface area contributed by atoms with Crippen molar-refractivity contribution in [2.45, 2.75) is 25.8 Å². The maximum absolute atomic E-state index is 13.0. The van der Waals surface area contributed by atoms with Crippen LogP contribution in [0.5, 0.6) is 5.75 Å². The number of carbonyl (C=O) groups is 2. The second kappa shape index (κ2) is 10.1. The van der Waals surface area contributed by atoms with Gasteiger partial charge in [-0.25, -0.2) is 5.01 Å². The highest BCUT2D eigenvalue weighted by atomic mass is 16.5. The van der Waals surface area contributed by atoms with Crippen molar-refractivity contribution in [2.75, 3.05) is 33.8 Å². The Labute approximate surface area is 176 Å². The molecule has 1 aliphatic heterocycles. The molecule has 2 aromatic rings. The molecule has 1 aromatic carbocycles. The van der Waals surface area contributed by atoms with E-state index in [-0.39, 0.29) is 30.9 Å². The average molecular weight is 412 g/mol. The molecule has 0 radical (unpaired) electrons. The van der Waals surface area contributed by atoms with Crippen molar-refractivity contribution in [2.24, 2.45) is 5.10 Å². The van der Waals surface area contributed by atoms with Crippen molar-refractivity contribution in [1.29, 1.82) is 0 Å². The van der Waals surface area contributed by atoms with Crippen LogP contribution in [-0.2, 0) is 9.59 Å². The molecule has 0 spiro atoms. The molecule has 8 heteroatoms. The number of rotatable bonds is 9. The highest BCUT2D eigenvalue weighted by Gasteiger charge is 2.35. The van der Waals surface area contributed by atoms with Crippen LogP contribution in [0.4, 0.5) is 0 Å². The molecule has 1 N–H and O–H groups in total. The van der Waals surface area contributed by atoms with Crippen molar-refractivity contribution in [3.05, 3.63) is 54.0 Å². The molecule has 1 aromatic heterocycles. The van der Waals surface area contributed by atoms with E-state index >= 15 is 0 Å². The Balaban J connectivity index is 1.73. The Morgan fingerprint density at radius 3 is 2.67 bits per heavy atom. The second-order valence-electron chi connectivity index (χ2n) is 7.27. The summed E-state index contributed by atoms with van der Waals surface area (Å²) in [5.74, 6) is 1.15. The number of hydrogen-bond donors (Lipinski definition) is 1. The molecular formula is C22H28N4O4. The first kappa shape index (κ1) is 21.6. The lowest BCUT2D eigenvalue weighted by molar-refractivity contribution is -0.134. The minimum atomic E-state index is -0.313. The molecule has 0 saturated carbocycles. The zero-order valence-corrected chi connectivity index (χ0v) is 17.6. The molecule has 3 rings (SSSR count). The van der Waals surface area contributed by atoms with Gasteiger partial charge in [-0.2, -0.15) is 5.10 Å². The first-order chi connectivity index (χ1) is 14.5. The molecule has 0 bridgehead atoms. The van der Waals surface area contributed by atoms with Gasteiger partial charge >= 0.3 is 0 Å². The smallest absolute Gasteiger partial charge is 0.257 e. The summed E-state index contributed by atoms with van der Waals surface area (Å²) in [6.45, 7) is 2.85. The van der Waals surface area contributed by atoms with E-state index in [1.165, 1.54) is 5.01 Å². The third kappa shape index (κ3) is 5.27. The van der Waals surface area contributed by atoms with Gasteiger partial charge in [0.2, 0.25) is 5.91 Å². The van der Waals surface area contributed by atoms with Crippen LogP contribution in [0.25, 0.3) is 0 Å². The molecule has 0 fully saturated rings. The topological polar surface area (TPSA) is 87.4 Å². The molecule has 1 atom stereocenters. The molecule has 8 nitrogen and oxygen atoms in total. The predicted molar refractivity (Wildman–Crippen MR) is 113 cm³/mol. The summed E-state index contributed by atoms with van der Waals surface area (Å²) in [5.41, 5.74) is 1.73. The SMILES string of the molecule is CCCNC(=O)CN(C)CC(=O)N1N=C(c2ccc(OC)cc2)C[C@H]1c1ccco1. The highest BCUT2D eigenvalue weighted by Crippen LogP contribution is 2.33. The third-order valence-electron chi connectivity index (χ3n) is 4.85. The van der Waals surface area contributed by atoms with Crippen molar-refractivity contribution in [3.63, 3.8) is 0 Å². The summed E-state index contributed by atoms with van der Waals surface area (Å²) in [6.07, 6.45) is 3.01. The number of hydrogen-bond acceptors (Lipinski definition) is 6. The number of likely N-dealkylation sites (N-methyl/N-ethyl adjacent to an activating group) is 1. The fraction of sp³-hybridized carbons (Fsp3) is 0.409. The summed E-state index contributed by atoms with van der Waals surface area (Å²) >= 11 is 0. The Morgan fingerprint density at radius 2 is 2.03 bits per heavy atom. The van der Waals surface area contributed by atoms with Crippen LogP contribution in [0, 0.1) is 0 Å². The summed E-state index contributed by atoms with van der Waals surface area (Å²) < 4.78 is 10.8. The number of hydrazone groups is 1. The standard InChI is InChI=1S/C22H28N4O4/c1-4-11-23-21(27)14-25(2)15-22(28)26-19(20-6-5-12-30-20)13-18(24-26)16-7-9-17(29-3)10-8-16/h5-10,12,19H,4,11,13-15H2,1-3H3,(H,23,27)/t19-/m0/s1. The third-order valence-corrected chi connectivity index (χ3v) is 4.85. The van der Waals surface area contributed by atoms with Crippen LogP contribution < -0.4 is 10.1 Å². The number of amides is 2. The van der Waals surface area contributed by atoms with Crippen LogP contribution >= 0.6 is 0 Å². The van der Waals surface area contributed by atoms with Gasteiger partial charge in [0, 0.05) is 13.0 Å². The molecule has 0 saturated heterocycles. The Bertz CT molecular complexity index is 877. The molecular weight excluding hydrogens is 384 g/mol. The average Bonchev–Trinajstić information content (AvgIpc) is 3.42. The van der Waals surface area contributed by atoms with Gasteiger partial charge in [-0.15, -0.1) is 0 Å². The lowest BCUT2D eigenvalue weighted by Gasteiger charge is -2.23. The summed E-state index contributed by atoms with van der Waals surface area (Å²) in [6, 6.07) is 10.9. The van der Waals surface area contributed by atoms with E-state index in [0.29, 0.717) is 18.7 Å². The molecule has 1 aliphatic rings. The Kier molecular flexibility index (Phi) is 7.24. The summed E-state index contributed by atoms with van der Waals surface area (Å²) in [4.78, 5) is 26.6. The van der Waals surface area contributed by atoms with E-state index < -0.39 is 0 Å².